The lowest BCUT2D eigenvalue weighted by Gasteiger charge is -2.09. The van der Waals surface area contributed by atoms with E-state index in [0.717, 1.165) is 39.4 Å². The molecule has 1 N–H and O–H groups in total. The van der Waals surface area contributed by atoms with Crippen molar-refractivity contribution in [2.24, 2.45) is 0 Å². The lowest BCUT2D eigenvalue weighted by Crippen LogP contribution is -1.92. The van der Waals surface area contributed by atoms with Crippen LogP contribution in [0.15, 0.2) is 63.8 Å². The average molecular weight is 341 g/mol. The molecule has 4 nitrogen and oxygen atoms in total. The fourth-order valence-electron chi connectivity index (χ4n) is 2.50. The minimum absolute atomic E-state index is 0.657. The van der Waals surface area contributed by atoms with Gasteiger partial charge < -0.3 is 0 Å². The zero-order valence-corrected chi connectivity index (χ0v) is 13.7. The largest absolute Gasteiger partial charge is 0.275 e. The van der Waals surface area contributed by atoms with Gasteiger partial charge in [0.1, 0.15) is 0 Å². The zero-order chi connectivity index (χ0) is 15.6. The Morgan fingerprint density at radius 3 is 2.74 bits per heavy atom. The van der Waals surface area contributed by atoms with E-state index in [0.29, 0.717) is 10.8 Å². The van der Waals surface area contributed by atoms with Crippen LogP contribution in [0.1, 0.15) is 18.5 Å². The predicted molar refractivity (Wildman–Crippen MR) is 93.4 cm³/mol. The number of hydrogen-bond donors (Lipinski definition) is 1. The van der Waals surface area contributed by atoms with Gasteiger partial charge in [-0.2, -0.15) is 5.10 Å². The Balaban J connectivity index is 1.69. The van der Waals surface area contributed by atoms with Gasteiger partial charge in [0, 0.05) is 21.7 Å². The van der Waals surface area contributed by atoms with Crippen molar-refractivity contribution in [3.63, 3.8) is 0 Å². The van der Waals surface area contributed by atoms with E-state index in [1.807, 2.05) is 42.6 Å². The standard InChI is InChI=1S/C17H13ClN4S/c18-14-9-5-4-8-12(14)15-13-10-19-17(20-16(13)22-21-15)23-11-6-2-1-3-7-11/h1-3,6-10H,4-5H2,(H,19,20,21,22). The van der Waals surface area contributed by atoms with E-state index < -0.39 is 0 Å². The molecule has 1 aliphatic carbocycles. The van der Waals surface area contributed by atoms with Gasteiger partial charge in [0.05, 0.1) is 11.1 Å². The summed E-state index contributed by atoms with van der Waals surface area (Å²) in [5.41, 5.74) is 2.52. The van der Waals surface area contributed by atoms with Crippen LogP contribution < -0.4 is 0 Å². The fraction of sp³-hybridized carbons (Fsp3) is 0.118. The van der Waals surface area contributed by atoms with Crippen LogP contribution in [0.4, 0.5) is 0 Å². The molecular weight excluding hydrogens is 328 g/mol. The lowest BCUT2D eigenvalue weighted by atomic mass is 10.0. The quantitative estimate of drug-likeness (QED) is 0.695. The molecule has 0 amide bonds. The Hall–Kier alpha value is -2.11. The molecule has 2 aromatic heterocycles. The molecule has 0 bridgehead atoms. The van der Waals surface area contributed by atoms with Gasteiger partial charge in [0.15, 0.2) is 10.8 Å². The number of hydrogen-bond acceptors (Lipinski definition) is 4. The van der Waals surface area contributed by atoms with Crippen LogP contribution in [0.5, 0.6) is 0 Å². The molecule has 0 radical (unpaired) electrons. The Morgan fingerprint density at radius 2 is 1.91 bits per heavy atom. The van der Waals surface area contributed by atoms with Crippen molar-refractivity contribution < 1.29 is 0 Å². The number of benzene rings is 1. The number of aromatic amines is 1. The first-order chi connectivity index (χ1) is 11.3. The number of nitrogens with zero attached hydrogens (tertiary/aromatic N) is 3. The van der Waals surface area contributed by atoms with E-state index in [-0.39, 0.29) is 0 Å². The lowest BCUT2D eigenvalue weighted by molar-refractivity contribution is 0.980. The molecule has 3 aromatic rings. The Morgan fingerprint density at radius 1 is 1.09 bits per heavy atom. The maximum Gasteiger partial charge on any atom is 0.194 e. The second-order valence-electron chi connectivity index (χ2n) is 5.15. The van der Waals surface area contributed by atoms with Crippen LogP contribution in [0, 0.1) is 0 Å². The molecule has 0 saturated heterocycles. The second-order valence-corrected chi connectivity index (χ2v) is 6.60. The van der Waals surface area contributed by atoms with E-state index in [2.05, 4.69) is 26.2 Å². The molecule has 2 heterocycles. The molecule has 0 atom stereocenters. The van der Waals surface area contributed by atoms with Crippen molar-refractivity contribution in [3.05, 3.63) is 59.4 Å². The highest BCUT2D eigenvalue weighted by molar-refractivity contribution is 7.99. The van der Waals surface area contributed by atoms with E-state index in [4.69, 9.17) is 11.6 Å². The minimum Gasteiger partial charge on any atom is -0.275 e. The summed E-state index contributed by atoms with van der Waals surface area (Å²) in [7, 11) is 0. The minimum atomic E-state index is 0.657. The molecule has 4 rings (SSSR count). The molecule has 0 unspecified atom stereocenters. The third kappa shape index (κ3) is 2.90. The van der Waals surface area contributed by atoms with Gasteiger partial charge in [0.2, 0.25) is 0 Å². The first-order valence-corrected chi connectivity index (χ1v) is 8.51. The smallest absolute Gasteiger partial charge is 0.194 e. The van der Waals surface area contributed by atoms with Gasteiger partial charge in [0.25, 0.3) is 0 Å². The van der Waals surface area contributed by atoms with E-state index in [1.54, 1.807) is 0 Å². The van der Waals surface area contributed by atoms with Gasteiger partial charge in [-0.1, -0.05) is 42.0 Å². The van der Waals surface area contributed by atoms with Crippen molar-refractivity contribution in [2.45, 2.75) is 22.9 Å². The normalized spacial score (nSPS) is 14.7. The molecule has 0 aliphatic heterocycles. The van der Waals surface area contributed by atoms with Gasteiger partial charge >= 0.3 is 0 Å². The number of allylic oxidation sites excluding steroid dienone is 4. The van der Waals surface area contributed by atoms with Gasteiger partial charge in [-0.15, -0.1) is 0 Å². The summed E-state index contributed by atoms with van der Waals surface area (Å²) < 4.78 is 0. The summed E-state index contributed by atoms with van der Waals surface area (Å²) in [5, 5.41) is 9.69. The third-order valence-electron chi connectivity index (χ3n) is 3.61. The summed E-state index contributed by atoms with van der Waals surface area (Å²) in [6.07, 6.45) is 7.93. The predicted octanol–water partition coefficient (Wildman–Crippen LogP) is 4.80. The van der Waals surface area contributed by atoms with Gasteiger partial charge in [-0.25, -0.2) is 9.97 Å². The monoisotopic (exact) mass is 340 g/mol. The van der Waals surface area contributed by atoms with E-state index >= 15 is 0 Å². The molecule has 6 heteroatoms. The molecule has 0 saturated carbocycles. The van der Waals surface area contributed by atoms with Crippen LogP contribution in [-0.4, -0.2) is 20.2 Å². The maximum atomic E-state index is 6.31. The zero-order valence-electron chi connectivity index (χ0n) is 12.2. The van der Waals surface area contributed by atoms with E-state index in [9.17, 15) is 0 Å². The molecule has 23 heavy (non-hydrogen) atoms. The topological polar surface area (TPSA) is 54.5 Å². The molecular formula is C17H13ClN4S. The second kappa shape index (κ2) is 6.18. The molecule has 114 valence electrons. The number of rotatable bonds is 3. The highest BCUT2D eigenvalue weighted by Crippen LogP contribution is 2.33. The summed E-state index contributed by atoms with van der Waals surface area (Å²) in [6.45, 7) is 0. The third-order valence-corrected chi connectivity index (χ3v) is 4.85. The highest BCUT2D eigenvalue weighted by atomic mass is 35.5. The van der Waals surface area contributed by atoms with E-state index in [1.165, 1.54) is 11.8 Å². The van der Waals surface area contributed by atoms with Crippen LogP contribution in [0.2, 0.25) is 0 Å². The first-order valence-electron chi connectivity index (χ1n) is 7.32. The van der Waals surface area contributed by atoms with Crippen LogP contribution in [0.25, 0.3) is 16.6 Å². The molecule has 0 fully saturated rings. The Labute approximate surface area is 142 Å². The molecule has 1 aromatic carbocycles. The van der Waals surface area contributed by atoms with Crippen LogP contribution in [0.3, 0.4) is 0 Å². The van der Waals surface area contributed by atoms with Crippen molar-refractivity contribution in [3.8, 4) is 0 Å². The van der Waals surface area contributed by atoms with Gasteiger partial charge in [-0.05, 0) is 36.7 Å². The summed E-state index contributed by atoms with van der Waals surface area (Å²) in [6, 6.07) is 10.1. The van der Waals surface area contributed by atoms with Crippen molar-refractivity contribution >= 4 is 40.0 Å². The number of fused-ring (bicyclic) bond motifs is 1. The van der Waals surface area contributed by atoms with Gasteiger partial charge in [-0.3, -0.25) is 5.10 Å². The van der Waals surface area contributed by atoms with Crippen LogP contribution >= 0.6 is 23.4 Å². The first kappa shape index (κ1) is 14.5. The van der Waals surface area contributed by atoms with Crippen molar-refractivity contribution in [1.29, 1.82) is 0 Å². The molecule has 1 aliphatic rings. The van der Waals surface area contributed by atoms with Crippen molar-refractivity contribution in [1.82, 2.24) is 20.2 Å². The Bertz CT molecular complexity index is 915. The maximum absolute atomic E-state index is 6.31. The fourth-order valence-corrected chi connectivity index (χ4v) is 3.53. The number of H-pyrrole nitrogens is 1. The Kier molecular flexibility index (Phi) is 3.89. The highest BCUT2D eigenvalue weighted by Gasteiger charge is 2.16. The number of halogens is 1. The number of aromatic nitrogens is 4. The summed E-state index contributed by atoms with van der Waals surface area (Å²) >= 11 is 7.83. The van der Waals surface area contributed by atoms with Crippen molar-refractivity contribution in [2.75, 3.05) is 0 Å². The molecule has 0 spiro atoms. The SMILES string of the molecule is ClC1=CCCC=C1c1[nH]nc2nc(Sc3ccccc3)ncc12. The van der Waals surface area contributed by atoms with Crippen LogP contribution in [-0.2, 0) is 0 Å². The summed E-state index contributed by atoms with van der Waals surface area (Å²) in [4.78, 5) is 10.1. The average Bonchev–Trinajstić information content (AvgIpc) is 2.99. The number of nitrogens with one attached hydrogen (secondary N) is 1. The summed E-state index contributed by atoms with van der Waals surface area (Å²) in [5.74, 6) is 0.